The molecule has 864 valence electrons. The number of aromatic hydroxyl groups is 1. The van der Waals surface area contributed by atoms with Gasteiger partial charge >= 0.3 is 0 Å². The largest absolute Gasteiger partial charge is 0.508 e. The molecule has 3 heteroatoms. The maximum atomic E-state index is 8.99. The minimum Gasteiger partial charge on any atom is -0.508 e. The Balaban J connectivity index is -0.000000279. The van der Waals surface area contributed by atoms with Crippen LogP contribution in [-0.4, -0.2) is 31.3 Å². The predicted molar refractivity (Wildman–Crippen MR) is 674 cm³/mol. The maximum absolute atomic E-state index is 8.99. The van der Waals surface area contributed by atoms with Crippen LogP contribution < -0.4 is 10.6 Å². The van der Waals surface area contributed by atoms with Crippen LogP contribution in [0.1, 0.15) is 604 Å². The molecule has 2 aliphatic heterocycles. The van der Waals surface area contributed by atoms with E-state index >= 15 is 0 Å². The highest BCUT2D eigenvalue weighted by Crippen LogP contribution is 2.37. The first kappa shape index (κ1) is 155. The highest BCUT2D eigenvalue weighted by molar-refractivity contribution is 5.26. The molecule has 0 amide bonds. The summed E-state index contributed by atoms with van der Waals surface area (Å²) in [5, 5.41) is 15.7. The van der Waals surface area contributed by atoms with Crippen molar-refractivity contribution in [2.24, 2.45) is 166 Å². The van der Waals surface area contributed by atoms with E-state index in [1.54, 1.807) is 12.1 Å². The second-order valence-electron chi connectivity index (χ2n) is 54.3. The molecule has 1 unspecified atom stereocenters. The molecule has 3 nitrogen and oxygen atoms in total. The molecule has 3 N–H and O–H groups in total. The number of phenolic OH excluding ortho intramolecular Hbond substituents is 1. The van der Waals surface area contributed by atoms with Crippen molar-refractivity contribution in [1.82, 2.24) is 10.6 Å². The lowest BCUT2D eigenvalue weighted by molar-refractivity contribution is 0.264. The summed E-state index contributed by atoms with van der Waals surface area (Å²) in [6.07, 6.45) is 64.9. The Hall–Kier alpha value is -2.88. The van der Waals surface area contributed by atoms with Crippen LogP contribution in [0.3, 0.4) is 0 Å². The van der Waals surface area contributed by atoms with Gasteiger partial charge in [0.25, 0.3) is 0 Å². The van der Waals surface area contributed by atoms with E-state index in [-0.39, 0.29) is 0 Å². The molecule has 1 atom stereocenters. The van der Waals surface area contributed by atoms with Crippen molar-refractivity contribution < 1.29 is 5.11 Å². The molecule has 6 aliphatic carbocycles. The second-order valence-corrected chi connectivity index (χ2v) is 54.3. The van der Waals surface area contributed by atoms with E-state index < -0.39 is 0 Å². The van der Waals surface area contributed by atoms with Crippen molar-refractivity contribution in [3.05, 3.63) is 114 Å². The Labute approximate surface area is 921 Å². The number of rotatable bonds is 32. The van der Waals surface area contributed by atoms with Crippen molar-refractivity contribution in [3.8, 4) is 5.75 Å². The second kappa shape index (κ2) is 107. The Morgan fingerprint density at radius 3 is 0.772 bits per heavy atom. The fourth-order valence-corrected chi connectivity index (χ4v) is 19.2. The van der Waals surface area contributed by atoms with Crippen LogP contribution in [0.2, 0.25) is 0 Å². The average Bonchev–Trinajstić information content (AvgIpc) is 1.75. The molecule has 0 aromatic heterocycles. The zero-order chi connectivity index (χ0) is 112. The number of allylic oxidation sites excluding steroid dienone is 1. The number of benzene rings is 3. The van der Waals surface area contributed by atoms with E-state index in [0.29, 0.717) is 17.6 Å². The Kier molecular flexibility index (Phi) is 114. The normalized spacial score (nSPS) is 16.2. The van der Waals surface area contributed by atoms with Gasteiger partial charge in [0.2, 0.25) is 0 Å². The van der Waals surface area contributed by atoms with E-state index in [4.69, 9.17) is 5.11 Å². The summed E-state index contributed by atoms with van der Waals surface area (Å²) in [5.74, 6) is 27.1. The van der Waals surface area contributed by atoms with Gasteiger partial charge < -0.3 is 15.7 Å². The lowest BCUT2D eigenvalue weighted by atomic mass is 9.80. The summed E-state index contributed by atoms with van der Waals surface area (Å²) in [4.78, 5) is 0. The monoisotopic (exact) mass is 2030 g/mol. The van der Waals surface area contributed by atoms with E-state index in [9.17, 15) is 0 Å². The smallest absolute Gasteiger partial charge is 0.115 e. The van der Waals surface area contributed by atoms with Gasteiger partial charge in [0.05, 0.1) is 0 Å². The molecule has 11 rings (SSSR count). The van der Waals surface area contributed by atoms with Crippen LogP contribution in [0.5, 0.6) is 5.75 Å². The van der Waals surface area contributed by atoms with Gasteiger partial charge in [-0.05, 0) is 317 Å². The minimum absolute atomic E-state index is 0.345. The number of phenols is 1. The SMILES string of the molecule is C=CCCC(C)C.CC(C)C(C)C.CC(C)C1CCCC1.CC(C)C1CCCCC1.CC(C)C1CCNCC1.CC(C)CC(C)C.CC(C)CC1CC1.CC(C)CC1CCC1.CC(C)CC1CCCC1.CC(C)CC1CCCCC1.CC(C)CC1CCNCC1.CC(C)Cc1ccc(O)cc1.CC(C)Cc1ccccc1.CC(C)c1ccccc1.CCC(C)C.CCC(C)C(C)C.CCCC(C)C.CCCCC(C)C. The van der Waals surface area contributed by atoms with Gasteiger partial charge in [0.15, 0.2) is 0 Å². The van der Waals surface area contributed by atoms with Gasteiger partial charge in [-0.25, -0.2) is 0 Å². The fourth-order valence-electron chi connectivity index (χ4n) is 19.2. The predicted octanol–water partition coefficient (Wildman–Crippen LogP) is 47.7. The van der Waals surface area contributed by atoms with E-state index in [2.05, 4.69) is 383 Å². The first-order valence-electron chi connectivity index (χ1n) is 64.0. The number of unbranched alkanes of at least 4 members (excludes halogenated alkanes) is 1. The molecule has 145 heavy (non-hydrogen) atoms. The molecular formula is C142H280N2O. The van der Waals surface area contributed by atoms with Crippen molar-refractivity contribution in [3.63, 3.8) is 0 Å². The number of hydrogen-bond donors (Lipinski definition) is 3. The number of nitrogens with one attached hydrogen (secondary N) is 2. The van der Waals surface area contributed by atoms with E-state index in [0.717, 1.165) is 173 Å². The lowest BCUT2D eigenvalue weighted by Gasteiger charge is -2.26. The zero-order valence-electron chi connectivity index (χ0n) is 108. The average molecular weight is 2030 g/mol. The van der Waals surface area contributed by atoms with E-state index in [1.165, 1.54) is 313 Å². The summed E-state index contributed by atoms with van der Waals surface area (Å²) in [7, 11) is 0. The number of hydrogen-bond acceptors (Lipinski definition) is 3. The first-order chi connectivity index (χ1) is 68.2. The Morgan fingerprint density at radius 2 is 0.572 bits per heavy atom. The highest BCUT2D eigenvalue weighted by atomic mass is 16.3. The lowest BCUT2D eigenvalue weighted by Crippen LogP contribution is -2.29. The van der Waals surface area contributed by atoms with Gasteiger partial charge in [-0.3, -0.25) is 0 Å². The molecule has 8 aliphatic rings. The third kappa shape index (κ3) is 123. The zero-order valence-corrected chi connectivity index (χ0v) is 108. The van der Waals surface area contributed by atoms with E-state index in [1.807, 2.05) is 24.3 Å². The minimum atomic E-state index is 0.345. The highest BCUT2D eigenvalue weighted by Gasteiger charge is 2.24. The van der Waals surface area contributed by atoms with Crippen molar-refractivity contribution in [1.29, 1.82) is 0 Å². The third-order valence-electron chi connectivity index (χ3n) is 30.2. The van der Waals surface area contributed by atoms with Gasteiger partial charge in [0, 0.05) is 0 Å². The Bertz CT molecular complexity index is 2820. The molecule has 3 aromatic carbocycles. The molecule has 2 saturated heterocycles. The third-order valence-corrected chi connectivity index (χ3v) is 30.2. The van der Waals surface area contributed by atoms with Crippen LogP contribution in [0.25, 0.3) is 0 Å². The van der Waals surface area contributed by atoms with Crippen LogP contribution in [-0.2, 0) is 12.8 Å². The Morgan fingerprint density at radius 1 is 0.276 bits per heavy atom. The van der Waals surface area contributed by atoms with Crippen molar-refractivity contribution in [2.75, 3.05) is 26.2 Å². The standard InChI is InChI=1S/C10H14O.C10H20.C10H14.C9H19N.2C9H18.C9H12.C8H17N.2C8H16.C7H14.3C7H16.C7H14.2C6H14.C5H12/c1-8(2)7-9-3-5-10(11)6-4-9;2*1-9(2)8-10-6-4-3-5-7-10;1-8(2)7-9-3-5-10-6-4-9;1-8(2)7-9-5-3-4-6-9;2*1-8(2)9-6-4-3-5-7-9;1-7(2)8-3-5-9-6-4-8;1-7(2)6-8-4-3-5-8;1-7(2)8-5-3-4-6-8;1-6(2)5-7-3-4-7;1-6(2)5-7(3)4;1-5-7(4)6(2)3;2*1-4-5-6-7(2)3;1-5(2)6(3)4;1-4-5-6(2)3;1-4-5(2)3/h3-6,8,11H,7H2,1-2H3;9-10H,3-8H2,1-2H3;3-7,9H,8H2,1-2H3;8-10H,3-7H2,1-2H3;2*8-9H,3-7H2,1-2H3;3-8H,1-2H3;7-9H,3-6H2,1-2H3;2*7-8H,3-6H2,1-2H3;6-7H,3-5H2,1-2H3;2*6-7H,5H2,1-4H3;7H,4-6H2,1-3H3;4,7H,1,5-6H2,2-3H3;5-6H,1-4H3;6H,4-5H2,1-3H3;5H,4H2,1-3H3. The topological polar surface area (TPSA) is 44.3 Å². The number of piperidine rings is 2. The molecular weight excluding hydrogens is 1750 g/mol. The van der Waals surface area contributed by atoms with Gasteiger partial charge in [-0.15, -0.1) is 6.58 Å². The fraction of sp³-hybridized carbons (Fsp3) is 0.859. The summed E-state index contributed by atoms with van der Waals surface area (Å²) in [6.45, 7) is 111. The molecule has 6 saturated carbocycles. The first-order valence-corrected chi connectivity index (χ1v) is 64.0. The van der Waals surface area contributed by atoms with Gasteiger partial charge in [-0.1, -0.05) is 583 Å². The summed E-state index contributed by atoms with van der Waals surface area (Å²) in [5.41, 5.74) is 4.15. The molecule has 0 bridgehead atoms. The van der Waals surface area contributed by atoms with Crippen LogP contribution in [0.4, 0.5) is 0 Å². The van der Waals surface area contributed by atoms with Crippen molar-refractivity contribution >= 4 is 0 Å². The van der Waals surface area contributed by atoms with Crippen LogP contribution in [0, 0.1) is 166 Å². The quantitative estimate of drug-likeness (QED) is 0.0546. The maximum Gasteiger partial charge on any atom is 0.115 e. The van der Waals surface area contributed by atoms with Gasteiger partial charge in [0.1, 0.15) is 5.75 Å². The molecule has 0 spiro atoms. The van der Waals surface area contributed by atoms with Crippen LogP contribution in [0.15, 0.2) is 97.6 Å². The molecule has 2 heterocycles. The van der Waals surface area contributed by atoms with Crippen molar-refractivity contribution in [2.45, 2.75) is 600 Å². The molecule has 3 aromatic rings. The summed E-state index contributed by atoms with van der Waals surface area (Å²) >= 11 is 0. The summed E-state index contributed by atoms with van der Waals surface area (Å²) < 4.78 is 0. The van der Waals surface area contributed by atoms with Gasteiger partial charge in [-0.2, -0.15) is 0 Å². The molecule has 8 fully saturated rings. The molecule has 0 radical (unpaired) electrons. The van der Waals surface area contributed by atoms with Crippen LogP contribution >= 0.6 is 0 Å². The summed E-state index contributed by atoms with van der Waals surface area (Å²) in [6, 6.07) is 28.5.